The molecule has 9 heteroatoms. The number of benzene rings is 1. The van der Waals surface area contributed by atoms with Crippen LogP contribution in [0.4, 0.5) is 19.0 Å². The summed E-state index contributed by atoms with van der Waals surface area (Å²) in [5, 5.41) is 3.72. The van der Waals surface area contributed by atoms with Crippen molar-refractivity contribution in [1.82, 2.24) is 10.3 Å². The third-order valence-corrected chi connectivity index (χ3v) is 3.73. The van der Waals surface area contributed by atoms with E-state index in [0.717, 1.165) is 7.11 Å². The largest absolute Gasteiger partial charge is 0.466 e. The average molecular weight is 381 g/mol. The molecule has 1 atom stereocenters. The highest BCUT2D eigenvalue weighted by molar-refractivity contribution is 5.99. The lowest BCUT2D eigenvalue weighted by molar-refractivity contribution is -0.203. The molecule has 1 heterocycles. The number of alkyl halides is 3. The van der Waals surface area contributed by atoms with Crippen LogP contribution in [0.15, 0.2) is 42.6 Å². The van der Waals surface area contributed by atoms with Gasteiger partial charge >= 0.3 is 17.8 Å². The van der Waals surface area contributed by atoms with Gasteiger partial charge in [0.1, 0.15) is 5.82 Å². The number of amides is 1. The van der Waals surface area contributed by atoms with Gasteiger partial charge in [-0.2, -0.15) is 13.2 Å². The fourth-order valence-electron chi connectivity index (χ4n) is 2.31. The third-order valence-electron chi connectivity index (χ3n) is 3.73. The van der Waals surface area contributed by atoms with E-state index in [4.69, 9.17) is 0 Å². The van der Waals surface area contributed by atoms with Gasteiger partial charge in [0.05, 0.1) is 7.11 Å². The van der Waals surface area contributed by atoms with Crippen molar-refractivity contribution in [1.29, 1.82) is 0 Å². The summed E-state index contributed by atoms with van der Waals surface area (Å²) in [7, 11) is 0.798. The van der Waals surface area contributed by atoms with Gasteiger partial charge in [-0.15, -0.1) is 0 Å². The first-order valence-corrected chi connectivity index (χ1v) is 7.84. The lowest BCUT2D eigenvalue weighted by atomic mass is 10.1. The summed E-state index contributed by atoms with van der Waals surface area (Å²) in [6, 6.07) is 8.71. The summed E-state index contributed by atoms with van der Waals surface area (Å²) in [6.45, 7) is 3.39. The number of hydrogen-bond donors (Lipinski definition) is 2. The zero-order valence-electron chi connectivity index (χ0n) is 14.8. The van der Waals surface area contributed by atoms with Crippen LogP contribution in [-0.4, -0.2) is 35.8 Å². The molecule has 0 aliphatic carbocycles. The summed E-state index contributed by atoms with van der Waals surface area (Å²) >= 11 is 0. The predicted octanol–water partition coefficient (Wildman–Crippen LogP) is 2.97. The number of esters is 1. The smallest absolute Gasteiger partial charge is 0.441 e. The van der Waals surface area contributed by atoms with E-state index in [-0.39, 0.29) is 11.4 Å². The van der Waals surface area contributed by atoms with Gasteiger partial charge in [-0.25, -0.2) is 9.78 Å². The first-order valence-electron chi connectivity index (χ1n) is 7.84. The summed E-state index contributed by atoms with van der Waals surface area (Å²) in [5.41, 5.74) is -2.16. The zero-order valence-corrected chi connectivity index (χ0v) is 14.8. The number of nitrogens with zero attached hydrogens (tertiary/aromatic N) is 1. The fourth-order valence-corrected chi connectivity index (χ4v) is 2.31. The molecule has 144 valence electrons. The van der Waals surface area contributed by atoms with Crippen LogP contribution < -0.4 is 10.6 Å². The fraction of sp³-hybridized carbons (Fsp3) is 0.278. The van der Waals surface area contributed by atoms with Gasteiger partial charge in [-0.1, -0.05) is 23.8 Å². The average Bonchev–Trinajstić information content (AvgIpc) is 2.61. The molecule has 0 saturated carbocycles. The number of hydrogen-bond acceptors (Lipinski definition) is 5. The first-order chi connectivity index (χ1) is 12.6. The molecule has 2 rings (SSSR count). The van der Waals surface area contributed by atoms with Gasteiger partial charge in [0, 0.05) is 11.8 Å². The number of ether oxygens (including phenoxy) is 1. The van der Waals surface area contributed by atoms with Crippen molar-refractivity contribution in [3.8, 4) is 0 Å². The van der Waals surface area contributed by atoms with Crippen LogP contribution in [-0.2, 0) is 9.53 Å². The highest BCUT2D eigenvalue weighted by atomic mass is 19.4. The maximum atomic E-state index is 13.9. The molecule has 0 spiro atoms. The highest BCUT2D eigenvalue weighted by Crippen LogP contribution is 2.33. The molecule has 0 bridgehead atoms. The monoisotopic (exact) mass is 381 g/mol. The number of aryl methyl sites for hydroxylation is 2. The van der Waals surface area contributed by atoms with E-state index in [2.05, 4.69) is 9.72 Å². The zero-order chi connectivity index (χ0) is 20.2. The van der Waals surface area contributed by atoms with Gasteiger partial charge in [0.15, 0.2) is 0 Å². The number of pyridine rings is 1. The number of halogens is 3. The van der Waals surface area contributed by atoms with Gasteiger partial charge in [-0.05, 0) is 37.6 Å². The van der Waals surface area contributed by atoms with Gasteiger partial charge in [-0.3, -0.25) is 4.79 Å². The molecule has 1 aromatic heterocycles. The van der Waals surface area contributed by atoms with Crippen molar-refractivity contribution in [2.45, 2.75) is 25.7 Å². The second kappa shape index (κ2) is 7.65. The number of carbonyl (C=O) groups is 2. The minimum atomic E-state index is -5.22. The van der Waals surface area contributed by atoms with Gasteiger partial charge in [0.2, 0.25) is 0 Å². The van der Waals surface area contributed by atoms with Crippen molar-refractivity contribution in [3.05, 3.63) is 59.3 Å². The van der Waals surface area contributed by atoms with Crippen molar-refractivity contribution >= 4 is 17.7 Å². The number of rotatable bonds is 5. The molecule has 27 heavy (non-hydrogen) atoms. The molecule has 0 aliphatic rings. The Labute approximate surface area is 153 Å². The second-order valence-corrected chi connectivity index (χ2v) is 5.91. The van der Waals surface area contributed by atoms with Crippen LogP contribution >= 0.6 is 0 Å². The highest BCUT2D eigenvalue weighted by Gasteiger charge is 2.63. The third kappa shape index (κ3) is 4.36. The quantitative estimate of drug-likeness (QED) is 0.615. The standard InChI is InChI=1S/C18H18F3N3O3/c1-11-5-4-6-13(9-11)15(25)24-17(16(26)27-3,18(19,20)21)23-14-8-7-12(2)10-22-14/h4-10H,1-3H3,(H,22,23)(H,24,25). The van der Waals surface area contributed by atoms with E-state index < -0.39 is 23.7 Å². The lowest BCUT2D eigenvalue weighted by Gasteiger charge is -2.34. The Bertz CT molecular complexity index is 838. The van der Waals surface area contributed by atoms with Crippen molar-refractivity contribution in [2.24, 2.45) is 0 Å². The molecule has 2 aromatic rings. The van der Waals surface area contributed by atoms with E-state index >= 15 is 0 Å². The van der Waals surface area contributed by atoms with Crippen molar-refractivity contribution in [2.75, 3.05) is 12.4 Å². The molecule has 1 unspecified atom stereocenters. The lowest BCUT2D eigenvalue weighted by Crippen LogP contribution is -2.69. The normalized spacial score (nSPS) is 13.4. The van der Waals surface area contributed by atoms with Crippen LogP contribution in [0.2, 0.25) is 0 Å². The summed E-state index contributed by atoms with van der Waals surface area (Å²) in [5.74, 6) is -3.08. The van der Waals surface area contributed by atoms with Crippen LogP contribution in [0.3, 0.4) is 0 Å². The molecular weight excluding hydrogens is 363 g/mol. The summed E-state index contributed by atoms with van der Waals surface area (Å²) in [4.78, 5) is 28.4. The second-order valence-electron chi connectivity index (χ2n) is 5.91. The molecular formula is C18H18F3N3O3. The molecule has 0 aliphatic heterocycles. The molecule has 6 nitrogen and oxygen atoms in total. The van der Waals surface area contributed by atoms with Gasteiger partial charge < -0.3 is 15.4 Å². The summed E-state index contributed by atoms with van der Waals surface area (Å²) in [6.07, 6.45) is -3.89. The van der Waals surface area contributed by atoms with Gasteiger partial charge in [0.25, 0.3) is 5.91 Å². The van der Waals surface area contributed by atoms with E-state index in [1.54, 1.807) is 25.2 Å². The Hall–Kier alpha value is -3.10. The number of carbonyl (C=O) groups excluding carboxylic acids is 2. The Morgan fingerprint density at radius 1 is 1.07 bits per heavy atom. The van der Waals surface area contributed by atoms with Crippen LogP contribution in [0.25, 0.3) is 0 Å². The van der Waals surface area contributed by atoms with E-state index in [1.807, 2.05) is 5.32 Å². The maximum absolute atomic E-state index is 13.9. The maximum Gasteiger partial charge on any atom is 0.441 e. The first kappa shape index (κ1) is 20.2. The number of aromatic nitrogens is 1. The Balaban J connectivity index is 2.48. The number of nitrogens with one attached hydrogen (secondary N) is 2. The van der Waals surface area contributed by atoms with E-state index in [9.17, 15) is 22.8 Å². The SMILES string of the molecule is COC(=O)C(NC(=O)c1cccc(C)c1)(Nc1ccc(C)cn1)C(F)(F)F. The van der Waals surface area contributed by atoms with Crippen molar-refractivity contribution in [3.63, 3.8) is 0 Å². The minimum absolute atomic E-state index is 0.0359. The van der Waals surface area contributed by atoms with Crippen LogP contribution in [0.5, 0.6) is 0 Å². The van der Waals surface area contributed by atoms with Crippen LogP contribution in [0, 0.1) is 13.8 Å². The predicted molar refractivity (Wildman–Crippen MR) is 92.0 cm³/mol. The Kier molecular flexibility index (Phi) is 5.72. The van der Waals surface area contributed by atoms with Crippen LogP contribution in [0.1, 0.15) is 21.5 Å². The minimum Gasteiger partial charge on any atom is -0.466 e. The van der Waals surface area contributed by atoms with Crippen molar-refractivity contribution < 1.29 is 27.5 Å². The Morgan fingerprint density at radius 2 is 1.78 bits per heavy atom. The summed E-state index contributed by atoms with van der Waals surface area (Å²) < 4.78 is 46.1. The number of methoxy groups -OCH3 is 1. The molecule has 1 aromatic carbocycles. The molecule has 0 saturated heterocycles. The van der Waals surface area contributed by atoms with E-state index in [1.165, 1.54) is 36.5 Å². The van der Waals surface area contributed by atoms with E-state index in [0.29, 0.717) is 11.1 Å². The molecule has 2 N–H and O–H groups in total. The molecule has 0 radical (unpaired) electrons. The molecule has 0 fully saturated rings. The molecule has 1 amide bonds. The topological polar surface area (TPSA) is 80.3 Å². The Morgan fingerprint density at radius 3 is 2.30 bits per heavy atom. The number of anilines is 1.